The van der Waals surface area contributed by atoms with Crippen LogP contribution in [0.2, 0.25) is 0 Å². The second kappa shape index (κ2) is 7.46. The van der Waals surface area contributed by atoms with E-state index in [0.29, 0.717) is 0 Å². The second-order valence-electron chi connectivity index (χ2n) is 4.51. The summed E-state index contributed by atoms with van der Waals surface area (Å²) in [6, 6.07) is 0. The van der Waals surface area contributed by atoms with E-state index in [1.807, 2.05) is 20.8 Å². The molecule has 5 heteroatoms. The van der Waals surface area contributed by atoms with Gasteiger partial charge >= 0.3 is 0 Å². The Morgan fingerprint density at radius 3 is 2.25 bits per heavy atom. The molecule has 0 bridgehead atoms. The summed E-state index contributed by atoms with van der Waals surface area (Å²) < 4.78 is 0.197. The zero-order chi connectivity index (χ0) is 12.8. The first-order valence-electron chi connectivity index (χ1n) is 5.24. The fourth-order valence-electron chi connectivity index (χ4n) is 1.01. The topological polar surface area (TPSA) is 29.1 Å². The van der Waals surface area contributed by atoms with Gasteiger partial charge in [-0.3, -0.25) is 4.79 Å². The molecular weight excluding hydrogens is 265 g/mol. The van der Waals surface area contributed by atoms with Gasteiger partial charge in [0.2, 0.25) is 5.91 Å². The number of rotatable bonds is 5. The molecule has 0 aromatic rings. The van der Waals surface area contributed by atoms with E-state index in [2.05, 4.69) is 12.2 Å². The molecular formula is C11H19Cl2NOS. The van der Waals surface area contributed by atoms with Crippen molar-refractivity contribution in [2.45, 2.75) is 46.1 Å². The van der Waals surface area contributed by atoms with Crippen LogP contribution in [0.4, 0.5) is 0 Å². The van der Waals surface area contributed by atoms with Crippen LogP contribution in [0.5, 0.6) is 0 Å². The van der Waals surface area contributed by atoms with Crippen molar-refractivity contribution in [3.63, 3.8) is 0 Å². The molecule has 0 aromatic carbocycles. The lowest BCUT2D eigenvalue weighted by Crippen LogP contribution is -2.40. The zero-order valence-corrected chi connectivity index (χ0v) is 12.5. The number of thioether (sulfide) groups is 1. The van der Waals surface area contributed by atoms with E-state index in [4.69, 9.17) is 23.2 Å². The van der Waals surface area contributed by atoms with Crippen molar-refractivity contribution in [2.75, 3.05) is 5.75 Å². The van der Waals surface area contributed by atoms with Crippen molar-refractivity contribution in [3.8, 4) is 0 Å². The molecule has 0 unspecified atom stereocenters. The molecule has 0 aromatic heterocycles. The van der Waals surface area contributed by atoms with Crippen LogP contribution in [0.1, 0.15) is 40.5 Å². The average molecular weight is 284 g/mol. The molecule has 2 nitrogen and oxygen atoms in total. The van der Waals surface area contributed by atoms with E-state index in [9.17, 15) is 4.79 Å². The number of carbonyl (C=O) groups is 1. The third-order valence-corrected chi connectivity index (χ3v) is 3.52. The SMILES string of the molecule is CCCSC(CC(=O)NC(C)(C)C)=C(Cl)Cl. The van der Waals surface area contributed by atoms with Crippen molar-refractivity contribution >= 4 is 40.9 Å². The Balaban J connectivity index is 4.32. The highest BCUT2D eigenvalue weighted by atomic mass is 35.5. The Morgan fingerprint density at radius 2 is 1.88 bits per heavy atom. The fourth-order valence-corrected chi connectivity index (χ4v) is 2.26. The number of hydrogen-bond donors (Lipinski definition) is 1. The van der Waals surface area contributed by atoms with E-state index < -0.39 is 0 Å². The molecule has 0 saturated heterocycles. The molecule has 0 saturated carbocycles. The van der Waals surface area contributed by atoms with Crippen LogP contribution < -0.4 is 5.32 Å². The minimum Gasteiger partial charge on any atom is -0.351 e. The Bertz CT molecular complexity index is 268. The normalized spacial score (nSPS) is 11.1. The number of nitrogens with one attached hydrogen (secondary N) is 1. The van der Waals surface area contributed by atoms with Crippen LogP contribution in [0.15, 0.2) is 9.40 Å². The van der Waals surface area contributed by atoms with Crippen LogP contribution in [0.25, 0.3) is 0 Å². The van der Waals surface area contributed by atoms with Crippen LogP contribution in [-0.4, -0.2) is 17.2 Å². The maximum Gasteiger partial charge on any atom is 0.225 e. The summed E-state index contributed by atoms with van der Waals surface area (Å²) in [7, 11) is 0. The molecule has 1 N–H and O–H groups in total. The summed E-state index contributed by atoms with van der Waals surface area (Å²) in [5.41, 5.74) is -0.226. The van der Waals surface area contributed by atoms with Gasteiger partial charge in [-0.2, -0.15) is 0 Å². The van der Waals surface area contributed by atoms with Gasteiger partial charge in [0.1, 0.15) is 4.49 Å². The second-order valence-corrected chi connectivity index (χ2v) is 6.65. The summed E-state index contributed by atoms with van der Waals surface area (Å²) in [5.74, 6) is 0.867. The minimum atomic E-state index is -0.226. The number of halogens is 2. The lowest BCUT2D eigenvalue weighted by atomic mass is 10.1. The molecule has 16 heavy (non-hydrogen) atoms. The van der Waals surface area contributed by atoms with Gasteiger partial charge in [-0.15, -0.1) is 11.8 Å². The standard InChI is InChI=1S/C11H19Cl2NOS/c1-5-6-16-8(10(12)13)7-9(15)14-11(2,3)4/h5-7H2,1-4H3,(H,14,15). The van der Waals surface area contributed by atoms with E-state index in [1.54, 1.807) is 0 Å². The molecule has 0 rings (SSSR count). The molecule has 0 radical (unpaired) electrons. The monoisotopic (exact) mass is 283 g/mol. The number of amides is 1. The minimum absolute atomic E-state index is 0.0510. The largest absolute Gasteiger partial charge is 0.351 e. The first-order chi connectivity index (χ1) is 7.26. The molecule has 0 fully saturated rings. The summed E-state index contributed by atoms with van der Waals surface area (Å²) in [6.45, 7) is 7.89. The Hall–Kier alpha value is 0.140. The quantitative estimate of drug-likeness (QED) is 0.824. The van der Waals surface area contributed by atoms with Crippen molar-refractivity contribution in [1.82, 2.24) is 5.32 Å². The third-order valence-electron chi connectivity index (χ3n) is 1.53. The maximum atomic E-state index is 11.7. The number of carbonyl (C=O) groups excluding carboxylic acids is 1. The van der Waals surface area contributed by atoms with E-state index in [-0.39, 0.29) is 22.4 Å². The van der Waals surface area contributed by atoms with Crippen molar-refractivity contribution in [2.24, 2.45) is 0 Å². The van der Waals surface area contributed by atoms with Crippen molar-refractivity contribution in [1.29, 1.82) is 0 Å². The summed E-state index contributed by atoms with van der Waals surface area (Å²) in [6.07, 6.45) is 1.28. The van der Waals surface area contributed by atoms with Crippen LogP contribution >= 0.6 is 35.0 Å². The molecule has 0 spiro atoms. The predicted octanol–water partition coefficient (Wildman–Crippen LogP) is 4.08. The Morgan fingerprint density at radius 1 is 1.31 bits per heavy atom. The molecule has 0 atom stereocenters. The first-order valence-corrected chi connectivity index (χ1v) is 6.98. The highest BCUT2D eigenvalue weighted by Crippen LogP contribution is 2.28. The van der Waals surface area contributed by atoms with Crippen LogP contribution in [0.3, 0.4) is 0 Å². The van der Waals surface area contributed by atoms with Crippen LogP contribution in [0, 0.1) is 0 Å². The van der Waals surface area contributed by atoms with Gasteiger partial charge in [0.05, 0.1) is 6.42 Å². The molecule has 0 aliphatic rings. The van der Waals surface area contributed by atoms with Gasteiger partial charge in [-0.1, -0.05) is 30.1 Å². The predicted molar refractivity (Wildman–Crippen MR) is 74.0 cm³/mol. The molecule has 0 aliphatic carbocycles. The zero-order valence-electron chi connectivity index (χ0n) is 10.2. The smallest absolute Gasteiger partial charge is 0.225 e. The van der Waals surface area contributed by atoms with E-state index in [0.717, 1.165) is 17.1 Å². The molecule has 0 aliphatic heterocycles. The Labute approximate surface area is 112 Å². The van der Waals surface area contributed by atoms with Gasteiger partial charge in [-0.05, 0) is 32.9 Å². The summed E-state index contributed by atoms with van der Waals surface area (Å²) >= 11 is 13.0. The van der Waals surface area contributed by atoms with Gasteiger partial charge in [0, 0.05) is 10.4 Å². The van der Waals surface area contributed by atoms with Gasteiger partial charge < -0.3 is 5.32 Å². The lowest BCUT2D eigenvalue weighted by molar-refractivity contribution is -0.121. The molecule has 0 heterocycles. The van der Waals surface area contributed by atoms with Crippen LogP contribution in [-0.2, 0) is 4.79 Å². The first kappa shape index (κ1) is 16.1. The van der Waals surface area contributed by atoms with Crippen molar-refractivity contribution < 1.29 is 4.79 Å². The van der Waals surface area contributed by atoms with Gasteiger partial charge in [0.25, 0.3) is 0 Å². The van der Waals surface area contributed by atoms with Gasteiger partial charge in [0.15, 0.2) is 0 Å². The van der Waals surface area contributed by atoms with E-state index in [1.165, 1.54) is 11.8 Å². The van der Waals surface area contributed by atoms with Gasteiger partial charge in [-0.25, -0.2) is 0 Å². The highest BCUT2D eigenvalue weighted by molar-refractivity contribution is 8.03. The molecule has 94 valence electrons. The third kappa shape index (κ3) is 8.31. The fraction of sp³-hybridized carbons (Fsp3) is 0.727. The summed E-state index contributed by atoms with van der Waals surface area (Å²) in [5, 5.41) is 2.88. The molecule has 1 amide bonds. The maximum absolute atomic E-state index is 11.7. The average Bonchev–Trinajstić information content (AvgIpc) is 2.08. The Kier molecular flexibility index (Phi) is 7.53. The lowest BCUT2D eigenvalue weighted by Gasteiger charge is -2.20. The van der Waals surface area contributed by atoms with E-state index >= 15 is 0 Å². The van der Waals surface area contributed by atoms with Crippen molar-refractivity contribution in [3.05, 3.63) is 9.40 Å². The highest BCUT2D eigenvalue weighted by Gasteiger charge is 2.16. The number of hydrogen-bond acceptors (Lipinski definition) is 2. The summed E-state index contributed by atoms with van der Waals surface area (Å²) in [4.78, 5) is 12.4.